The van der Waals surface area contributed by atoms with Gasteiger partial charge in [-0.2, -0.15) is 0 Å². The number of ether oxygens (including phenoxy) is 2. The van der Waals surface area contributed by atoms with Gasteiger partial charge in [-0.1, -0.05) is 20.8 Å². The van der Waals surface area contributed by atoms with Crippen LogP contribution in [0.1, 0.15) is 47.2 Å². The number of benzene rings is 1. The molecule has 0 unspecified atom stereocenters. The van der Waals surface area contributed by atoms with Crippen molar-refractivity contribution < 1.29 is 14.3 Å². The van der Waals surface area contributed by atoms with Crippen molar-refractivity contribution in [2.75, 3.05) is 7.11 Å². The van der Waals surface area contributed by atoms with Crippen molar-refractivity contribution in [1.82, 2.24) is 9.55 Å². The lowest BCUT2D eigenvalue weighted by atomic mass is 9.92. The van der Waals surface area contributed by atoms with Gasteiger partial charge >= 0.3 is 5.97 Å². The van der Waals surface area contributed by atoms with Crippen LogP contribution in [0.25, 0.3) is 11.0 Å². The van der Waals surface area contributed by atoms with Crippen LogP contribution in [0.3, 0.4) is 0 Å². The number of rotatable bonds is 3. The van der Waals surface area contributed by atoms with E-state index in [1.54, 1.807) is 46.1 Å². The summed E-state index contributed by atoms with van der Waals surface area (Å²) in [6.45, 7) is 11.0. The minimum absolute atomic E-state index is 0.175. The second kappa shape index (κ2) is 6.50. The molecule has 2 rings (SSSR count). The molecule has 2 aromatic rings. The summed E-state index contributed by atoms with van der Waals surface area (Å²) in [5.41, 5.74) is 0.236. The first kappa shape index (κ1) is 19.0. The largest absolute Gasteiger partial charge is 0.497 e. The van der Waals surface area contributed by atoms with Gasteiger partial charge in [-0.3, -0.25) is 14.2 Å². The summed E-state index contributed by atoms with van der Waals surface area (Å²) in [5.74, 6) is 0.125. The zero-order valence-electron chi connectivity index (χ0n) is 16.0. The van der Waals surface area contributed by atoms with E-state index in [1.165, 1.54) is 4.57 Å². The molecule has 6 heteroatoms. The number of hydrogen-bond acceptors (Lipinski definition) is 5. The van der Waals surface area contributed by atoms with Gasteiger partial charge in [-0.15, -0.1) is 0 Å². The minimum atomic E-state index is -0.617. The van der Waals surface area contributed by atoms with E-state index in [0.717, 1.165) is 0 Å². The van der Waals surface area contributed by atoms with E-state index in [-0.39, 0.29) is 12.1 Å². The summed E-state index contributed by atoms with van der Waals surface area (Å²) in [7, 11) is 1.55. The van der Waals surface area contributed by atoms with Gasteiger partial charge in [-0.25, -0.2) is 4.98 Å². The fourth-order valence-electron chi connectivity index (χ4n) is 2.49. The summed E-state index contributed by atoms with van der Waals surface area (Å²) in [5, 5.41) is 0. The molecule has 0 saturated carbocycles. The first-order valence-electron chi connectivity index (χ1n) is 8.23. The lowest BCUT2D eigenvalue weighted by Gasteiger charge is -2.22. The summed E-state index contributed by atoms with van der Waals surface area (Å²) in [4.78, 5) is 29.8. The fraction of sp³-hybridized carbons (Fsp3) is 0.526. The molecule has 0 bridgehead atoms. The van der Waals surface area contributed by atoms with Crippen molar-refractivity contribution in [2.45, 2.75) is 59.1 Å². The van der Waals surface area contributed by atoms with Crippen LogP contribution in [0.4, 0.5) is 0 Å². The van der Waals surface area contributed by atoms with Crippen LogP contribution in [0, 0.1) is 0 Å². The third-order valence-electron chi connectivity index (χ3n) is 3.57. The predicted octanol–water partition coefficient (Wildman–Crippen LogP) is 3.04. The molecule has 0 radical (unpaired) electrons. The molecule has 25 heavy (non-hydrogen) atoms. The Kier molecular flexibility index (Phi) is 4.93. The minimum Gasteiger partial charge on any atom is -0.497 e. The highest BCUT2D eigenvalue weighted by Gasteiger charge is 2.25. The number of aromatic nitrogens is 2. The Bertz CT molecular complexity index is 855. The van der Waals surface area contributed by atoms with Gasteiger partial charge in [0.15, 0.2) is 0 Å². The average molecular weight is 346 g/mol. The maximum atomic E-state index is 13.0. The van der Waals surface area contributed by atoms with Gasteiger partial charge in [0, 0.05) is 11.5 Å². The van der Waals surface area contributed by atoms with Gasteiger partial charge in [0.2, 0.25) is 0 Å². The Hall–Kier alpha value is -2.37. The standard InChI is InChI=1S/C19H26N2O4/c1-18(2,3)16-17(23)21(11-15(22)25-19(4,5)6)14-10-12(24-7)8-9-13(14)20-16/h8-10H,11H2,1-7H3. The summed E-state index contributed by atoms with van der Waals surface area (Å²) in [6, 6.07) is 5.28. The molecule has 1 aromatic heterocycles. The van der Waals surface area contributed by atoms with Crippen LogP contribution in [-0.2, 0) is 21.5 Å². The molecule has 0 spiro atoms. The van der Waals surface area contributed by atoms with Crippen molar-refractivity contribution >= 4 is 17.0 Å². The van der Waals surface area contributed by atoms with Crippen molar-refractivity contribution in [3.63, 3.8) is 0 Å². The maximum Gasteiger partial charge on any atom is 0.326 e. The highest BCUT2D eigenvalue weighted by Crippen LogP contribution is 2.23. The molecular formula is C19H26N2O4. The zero-order chi connectivity index (χ0) is 19.0. The normalized spacial score (nSPS) is 12.3. The Morgan fingerprint density at radius 2 is 1.80 bits per heavy atom. The van der Waals surface area contributed by atoms with Crippen LogP contribution < -0.4 is 10.3 Å². The van der Waals surface area contributed by atoms with E-state index in [2.05, 4.69) is 4.98 Å². The highest BCUT2D eigenvalue weighted by molar-refractivity contribution is 5.79. The molecule has 6 nitrogen and oxygen atoms in total. The predicted molar refractivity (Wildman–Crippen MR) is 97.1 cm³/mol. The number of esters is 1. The zero-order valence-corrected chi connectivity index (χ0v) is 16.0. The molecule has 0 saturated heterocycles. The second-order valence-corrected chi connectivity index (χ2v) is 8.04. The molecule has 0 aliphatic heterocycles. The molecule has 1 aromatic carbocycles. The van der Waals surface area contributed by atoms with Crippen LogP contribution in [-0.4, -0.2) is 28.2 Å². The third kappa shape index (κ3) is 4.38. The molecule has 0 aliphatic carbocycles. The van der Waals surface area contributed by atoms with E-state index < -0.39 is 17.0 Å². The molecule has 1 heterocycles. The topological polar surface area (TPSA) is 70.4 Å². The Labute approximate surface area is 147 Å². The quantitative estimate of drug-likeness (QED) is 0.799. The highest BCUT2D eigenvalue weighted by atomic mass is 16.6. The monoisotopic (exact) mass is 346 g/mol. The molecule has 0 aliphatic rings. The van der Waals surface area contributed by atoms with Gasteiger partial charge in [-0.05, 0) is 32.9 Å². The first-order chi connectivity index (χ1) is 11.4. The van der Waals surface area contributed by atoms with Crippen molar-refractivity contribution in [3.8, 4) is 5.75 Å². The smallest absolute Gasteiger partial charge is 0.326 e. The number of carbonyl (C=O) groups is 1. The molecule has 0 fully saturated rings. The molecule has 136 valence electrons. The van der Waals surface area contributed by atoms with Gasteiger partial charge in [0.05, 0.1) is 18.1 Å². The van der Waals surface area contributed by atoms with Crippen molar-refractivity contribution in [3.05, 3.63) is 34.2 Å². The van der Waals surface area contributed by atoms with Crippen LogP contribution in [0.5, 0.6) is 5.75 Å². The summed E-state index contributed by atoms with van der Waals surface area (Å²) in [6.07, 6.45) is 0. The number of hydrogen-bond donors (Lipinski definition) is 0. The molecule has 0 amide bonds. The number of methoxy groups -OCH3 is 1. The Morgan fingerprint density at radius 3 is 2.32 bits per heavy atom. The van der Waals surface area contributed by atoms with E-state index in [9.17, 15) is 9.59 Å². The molecule has 0 atom stereocenters. The van der Waals surface area contributed by atoms with Crippen molar-refractivity contribution in [1.29, 1.82) is 0 Å². The Balaban J connectivity index is 2.67. The van der Waals surface area contributed by atoms with E-state index in [1.807, 2.05) is 20.8 Å². The lowest BCUT2D eigenvalue weighted by molar-refractivity contribution is -0.155. The summed E-state index contributed by atoms with van der Waals surface area (Å²) < 4.78 is 12.0. The van der Waals surface area contributed by atoms with Gasteiger partial charge in [0.25, 0.3) is 5.56 Å². The summed E-state index contributed by atoms with van der Waals surface area (Å²) >= 11 is 0. The lowest BCUT2D eigenvalue weighted by Crippen LogP contribution is -2.36. The van der Waals surface area contributed by atoms with E-state index >= 15 is 0 Å². The number of fused-ring (bicyclic) bond motifs is 1. The van der Waals surface area contributed by atoms with Crippen LogP contribution in [0.2, 0.25) is 0 Å². The second-order valence-electron chi connectivity index (χ2n) is 8.04. The number of nitrogens with zero attached hydrogens (tertiary/aromatic N) is 2. The van der Waals surface area contributed by atoms with Gasteiger partial charge in [0.1, 0.15) is 23.6 Å². The maximum absolute atomic E-state index is 13.0. The van der Waals surface area contributed by atoms with E-state index in [0.29, 0.717) is 22.5 Å². The van der Waals surface area contributed by atoms with Gasteiger partial charge < -0.3 is 9.47 Å². The van der Waals surface area contributed by atoms with Crippen molar-refractivity contribution in [2.24, 2.45) is 0 Å². The van der Waals surface area contributed by atoms with E-state index in [4.69, 9.17) is 9.47 Å². The van der Waals surface area contributed by atoms with Crippen LogP contribution in [0.15, 0.2) is 23.0 Å². The third-order valence-corrected chi connectivity index (χ3v) is 3.57. The molecule has 0 N–H and O–H groups in total. The van der Waals surface area contributed by atoms with Crippen LogP contribution >= 0.6 is 0 Å². The first-order valence-corrected chi connectivity index (χ1v) is 8.23. The molecular weight excluding hydrogens is 320 g/mol. The Morgan fingerprint density at radius 1 is 1.16 bits per heavy atom. The fourth-order valence-corrected chi connectivity index (χ4v) is 2.49. The SMILES string of the molecule is COc1ccc2nc(C(C)(C)C)c(=O)n(CC(=O)OC(C)(C)C)c2c1. The number of carbonyl (C=O) groups excluding carboxylic acids is 1. The average Bonchev–Trinajstić information content (AvgIpc) is 2.46.